The number of furan rings is 1. The molecule has 0 aliphatic carbocycles. The van der Waals surface area contributed by atoms with Crippen LogP contribution in [0, 0.1) is 0 Å². The Balaban J connectivity index is 2.21. The summed E-state index contributed by atoms with van der Waals surface area (Å²) in [5, 5.41) is 11.0. The quantitative estimate of drug-likeness (QED) is 0.886. The molecule has 0 radical (unpaired) electrons. The molecule has 0 aliphatic heterocycles. The zero-order valence-corrected chi connectivity index (χ0v) is 9.74. The van der Waals surface area contributed by atoms with Gasteiger partial charge in [0.2, 0.25) is 0 Å². The SMILES string of the molecule is CC(O)(Cc1ccco1)c1ccc(Cl)cc1. The lowest BCUT2D eigenvalue weighted by atomic mass is 9.91. The van der Waals surface area contributed by atoms with E-state index in [4.69, 9.17) is 16.0 Å². The van der Waals surface area contributed by atoms with Gasteiger partial charge in [-0.1, -0.05) is 23.7 Å². The third-order valence-electron chi connectivity index (χ3n) is 2.56. The van der Waals surface area contributed by atoms with Crippen LogP contribution in [0.5, 0.6) is 0 Å². The van der Waals surface area contributed by atoms with E-state index < -0.39 is 5.60 Å². The highest BCUT2D eigenvalue weighted by molar-refractivity contribution is 6.30. The average Bonchev–Trinajstić information content (AvgIpc) is 2.70. The van der Waals surface area contributed by atoms with Crippen LogP contribution in [0.2, 0.25) is 5.02 Å². The maximum absolute atomic E-state index is 10.3. The van der Waals surface area contributed by atoms with Gasteiger partial charge in [0.25, 0.3) is 0 Å². The Morgan fingerprint density at radius 3 is 2.50 bits per heavy atom. The van der Waals surface area contributed by atoms with Crippen molar-refractivity contribution in [2.24, 2.45) is 0 Å². The molecule has 1 N–H and O–H groups in total. The third-order valence-corrected chi connectivity index (χ3v) is 2.82. The first-order valence-electron chi connectivity index (χ1n) is 5.09. The van der Waals surface area contributed by atoms with Crippen LogP contribution in [0.1, 0.15) is 18.2 Å². The second kappa shape index (κ2) is 4.32. The van der Waals surface area contributed by atoms with E-state index in [-0.39, 0.29) is 0 Å². The van der Waals surface area contributed by atoms with E-state index in [9.17, 15) is 5.11 Å². The molecule has 0 fully saturated rings. The number of hydrogen-bond donors (Lipinski definition) is 1. The standard InChI is InChI=1S/C13H13ClO2/c1-13(15,9-12-3-2-8-16-12)10-4-6-11(14)7-5-10/h2-8,15H,9H2,1H3. The van der Waals surface area contributed by atoms with Crippen molar-refractivity contribution >= 4 is 11.6 Å². The van der Waals surface area contributed by atoms with Crippen molar-refractivity contribution in [3.63, 3.8) is 0 Å². The number of benzene rings is 1. The zero-order chi connectivity index (χ0) is 11.6. The van der Waals surface area contributed by atoms with Crippen LogP contribution >= 0.6 is 11.6 Å². The van der Waals surface area contributed by atoms with Crippen LogP contribution in [-0.4, -0.2) is 5.11 Å². The van der Waals surface area contributed by atoms with Crippen LogP contribution in [-0.2, 0) is 12.0 Å². The van der Waals surface area contributed by atoms with Gasteiger partial charge in [-0.25, -0.2) is 0 Å². The lowest BCUT2D eigenvalue weighted by molar-refractivity contribution is 0.0521. The summed E-state index contributed by atoms with van der Waals surface area (Å²) in [6, 6.07) is 10.9. The Labute approximate surface area is 99.5 Å². The van der Waals surface area contributed by atoms with Crippen molar-refractivity contribution in [2.45, 2.75) is 18.9 Å². The van der Waals surface area contributed by atoms with Gasteiger partial charge in [-0.15, -0.1) is 0 Å². The van der Waals surface area contributed by atoms with Gasteiger partial charge in [0.15, 0.2) is 0 Å². The first kappa shape index (κ1) is 11.2. The van der Waals surface area contributed by atoms with E-state index in [0.29, 0.717) is 11.4 Å². The molecule has 0 saturated heterocycles. The first-order valence-corrected chi connectivity index (χ1v) is 5.46. The fourth-order valence-electron chi connectivity index (χ4n) is 1.66. The van der Waals surface area contributed by atoms with E-state index >= 15 is 0 Å². The summed E-state index contributed by atoms with van der Waals surface area (Å²) in [6.07, 6.45) is 2.05. The highest BCUT2D eigenvalue weighted by Gasteiger charge is 2.24. The van der Waals surface area contributed by atoms with Crippen molar-refractivity contribution < 1.29 is 9.52 Å². The number of hydrogen-bond acceptors (Lipinski definition) is 2. The van der Waals surface area contributed by atoms with Gasteiger partial charge < -0.3 is 9.52 Å². The van der Waals surface area contributed by atoms with E-state index in [1.807, 2.05) is 24.3 Å². The smallest absolute Gasteiger partial charge is 0.106 e. The van der Waals surface area contributed by atoms with Crippen molar-refractivity contribution in [3.8, 4) is 0 Å². The summed E-state index contributed by atoms with van der Waals surface area (Å²) in [5.41, 5.74) is -0.115. The fraction of sp³-hybridized carbons (Fsp3) is 0.231. The third kappa shape index (κ3) is 2.46. The zero-order valence-electron chi connectivity index (χ0n) is 8.98. The first-order chi connectivity index (χ1) is 7.58. The van der Waals surface area contributed by atoms with Crippen LogP contribution in [0.4, 0.5) is 0 Å². The molecule has 1 unspecified atom stereocenters. The lowest BCUT2D eigenvalue weighted by Crippen LogP contribution is -2.23. The van der Waals surface area contributed by atoms with E-state index in [1.54, 1.807) is 25.3 Å². The van der Waals surface area contributed by atoms with E-state index in [1.165, 1.54) is 0 Å². The Kier molecular flexibility index (Phi) is 3.03. The minimum Gasteiger partial charge on any atom is -0.469 e. The monoisotopic (exact) mass is 236 g/mol. The molecular weight excluding hydrogens is 224 g/mol. The average molecular weight is 237 g/mol. The molecule has 1 aromatic heterocycles. The van der Waals surface area contributed by atoms with Gasteiger partial charge in [0.1, 0.15) is 5.76 Å². The molecule has 0 bridgehead atoms. The fourth-order valence-corrected chi connectivity index (χ4v) is 1.79. The van der Waals surface area contributed by atoms with Crippen LogP contribution < -0.4 is 0 Å². The van der Waals surface area contributed by atoms with Crippen LogP contribution in [0.15, 0.2) is 47.1 Å². The molecular formula is C13H13ClO2. The normalized spacial score (nSPS) is 14.7. The molecule has 1 heterocycles. The van der Waals surface area contributed by atoms with Crippen molar-refractivity contribution in [2.75, 3.05) is 0 Å². The number of halogens is 1. The molecule has 84 valence electrons. The van der Waals surface area contributed by atoms with Crippen molar-refractivity contribution in [1.29, 1.82) is 0 Å². The largest absolute Gasteiger partial charge is 0.469 e. The Bertz CT molecular complexity index is 443. The predicted molar refractivity (Wildman–Crippen MR) is 63.4 cm³/mol. The molecule has 0 spiro atoms. The Hall–Kier alpha value is -1.25. The molecule has 1 atom stereocenters. The van der Waals surface area contributed by atoms with E-state index in [2.05, 4.69) is 0 Å². The minimum atomic E-state index is -0.942. The summed E-state index contributed by atoms with van der Waals surface area (Å²) in [4.78, 5) is 0. The topological polar surface area (TPSA) is 33.4 Å². The number of aliphatic hydroxyl groups is 1. The van der Waals surface area contributed by atoms with Gasteiger partial charge >= 0.3 is 0 Å². The van der Waals surface area contributed by atoms with Crippen molar-refractivity contribution in [1.82, 2.24) is 0 Å². The van der Waals surface area contributed by atoms with Gasteiger partial charge in [0, 0.05) is 11.4 Å². The highest BCUT2D eigenvalue weighted by atomic mass is 35.5. The molecule has 1 aromatic carbocycles. The number of rotatable bonds is 3. The molecule has 0 aliphatic rings. The highest BCUT2D eigenvalue weighted by Crippen LogP contribution is 2.26. The van der Waals surface area contributed by atoms with Gasteiger partial charge in [0.05, 0.1) is 11.9 Å². The van der Waals surface area contributed by atoms with Crippen LogP contribution in [0.3, 0.4) is 0 Å². The molecule has 2 nitrogen and oxygen atoms in total. The summed E-state index contributed by atoms with van der Waals surface area (Å²) < 4.78 is 5.23. The molecule has 0 amide bonds. The molecule has 2 rings (SSSR count). The van der Waals surface area contributed by atoms with Crippen LogP contribution in [0.25, 0.3) is 0 Å². The Morgan fingerprint density at radius 1 is 1.25 bits per heavy atom. The maximum atomic E-state index is 10.3. The molecule has 16 heavy (non-hydrogen) atoms. The summed E-state index contributed by atoms with van der Waals surface area (Å²) in [7, 11) is 0. The predicted octanol–water partition coefficient (Wildman–Crippen LogP) is 3.38. The molecule has 3 heteroatoms. The summed E-state index contributed by atoms with van der Waals surface area (Å²) in [6.45, 7) is 1.76. The van der Waals surface area contributed by atoms with Gasteiger partial charge in [-0.2, -0.15) is 0 Å². The summed E-state index contributed by atoms with van der Waals surface area (Å²) in [5.74, 6) is 0.764. The van der Waals surface area contributed by atoms with Crippen molar-refractivity contribution in [3.05, 3.63) is 59.0 Å². The second-order valence-corrected chi connectivity index (χ2v) is 4.47. The Morgan fingerprint density at radius 2 is 1.94 bits per heavy atom. The van der Waals surface area contributed by atoms with Gasteiger partial charge in [-0.05, 0) is 36.8 Å². The van der Waals surface area contributed by atoms with E-state index in [0.717, 1.165) is 11.3 Å². The lowest BCUT2D eigenvalue weighted by Gasteiger charge is -2.22. The maximum Gasteiger partial charge on any atom is 0.106 e. The molecule has 2 aromatic rings. The summed E-state index contributed by atoms with van der Waals surface area (Å²) >= 11 is 5.80. The second-order valence-electron chi connectivity index (χ2n) is 4.04. The minimum absolute atomic E-state index is 0.446. The van der Waals surface area contributed by atoms with Gasteiger partial charge in [-0.3, -0.25) is 0 Å². The molecule has 0 saturated carbocycles.